The predicted molar refractivity (Wildman–Crippen MR) is 198 cm³/mol. The molecule has 0 aromatic rings. The Labute approximate surface area is 274 Å². The minimum atomic E-state index is 1.05. The first kappa shape index (κ1) is 42.3. The van der Waals surface area contributed by atoms with Crippen LogP contribution in [0.25, 0.3) is 0 Å². The quantitative estimate of drug-likeness (QED) is 0.0404. The van der Waals surface area contributed by atoms with Crippen molar-refractivity contribution in [3.05, 3.63) is 0 Å². The molecule has 0 aromatic heterocycles. The molecule has 0 rings (SSSR count). The molecule has 42 heavy (non-hydrogen) atoms. The summed E-state index contributed by atoms with van der Waals surface area (Å²) in [6, 6.07) is 0. The second kappa shape index (κ2) is 35.8. The van der Waals surface area contributed by atoms with Crippen LogP contribution in [0.4, 0.5) is 0 Å². The summed E-state index contributed by atoms with van der Waals surface area (Å²) in [5.41, 5.74) is 0. The van der Waals surface area contributed by atoms with Crippen molar-refractivity contribution in [1.82, 2.24) is 0 Å². The molecule has 0 radical (unpaired) electrons. The highest BCUT2D eigenvalue weighted by Gasteiger charge is 2.19. The second-order valence-corrected chi connectivity index (χ2v) is 14.9. The summed E-state index contributed by atoms with van der Waals surface area (Å²) in [7, 11) is 2.54. The average Bonchev–Trinajstić information content (AvgIpc) is 2.99. The number of nitrogens with zero attached hydrogens (tertiary/aromatic N) is 1. The lowest BCUT2D eigenvalue weighted by atomic mass is 10.0. The maximum atomic E-state index is 4.53. The molecule has 0 fully saturated rings. The summed E-state index contributed by atoms with van der Waals surface area (Å²) in [4.78, 5) is 0. The fourth-order valence-electron chi connectivity index (χ4n) is 6.87. The minimum absolute atomic E-state index is 1.05. The molecular formula is C40H84NS+. The zero-order chi connectivity index (χ0) is 30.7. The van der Waals surface area contributed by atoms with Gasteiger partial charge in [0.2, 0.25) is 0 Å². The summed E-state index contributed by atoms with van der Waals surface area (Å²) in [6.07, 6.45) is 48.1. The van der Waals surface area contributed by atoms with E-state index >= 15 is 0 Å². The Morgan fingerprint density at radius 3 is 0.690 bits per heavy atom. The highest BCUT2D eigenvalue weighted by molar-refractivity contribution is 7.80. The third kappa shape index (κ3) is 33.2. The molecule has 0 saturated carbocycles. The minimum Gasteiger partial charge on any atom is -0.326 e. The zero-order valence-electron chi connectivity index (χ0n) is 30.1. The molecule has 0 aliphatic carbocycles. The Morgan fingerprint density at radius 2 is 0.476 bits per heavy atom. The molecule has 0 unspecified atom stereocenters. The molecule has 0 heterocycles. The van der Waals surface area contributed by atoms with Crippen LogP contribution in [0.3, 0.4) is 0 Å². The molecule has 254 valence electrons. The normalized spacial score (nSPS) is 12.0. The van der Waals surface area contributed by atoms with Crippen molar-refractivity contribution in [2.45, 2.75) is 226 Å². The van der Waals surface area contributed by atoms with Crippen molar-refractivity contribution in [2.75, 3.05) is 32.4 Å². The van der Waals surface area contributed by atoms with Gasteiger partial charge in [-0.25, -0.2) is 0 Å². The van der Waals surface area contributed by atoms with E-state index in [9.17, 15) is 0 Å². The molecule has 0 N–H and O–H groups in total. The third-order valence-corrected chi connectivity index (χ3v) is 10.3. The van der Waals surface area contributed by atoms with Crippen LogP contribution in [0.1, 0.15) is 226 Å². The van der Waals surface area contributed by atoms with Crippen molar-refractivity contribution in [3.8, 4) is 0 Å². The molecule has 0 amide bonds. The van der Waals surface area contributed by atoms with Crippen LogP contribution >= 0.6 is 12.6 Å². The van der Waals surface area contributed by atoms with Gasteiger partial charge in [0.1, 0.15) is 0 Å². The molecule has 0 saturated heterocycles. The van der Waals surface area contributed by atoms with Gasteiger partial charge in [-0.05, 0) is 31.4 Å². The molecule has 0 aliphatic heterocycles. The molecule has 0 bridgehead atoms. The fourth-order valence-corrected chi connectivity index (χ4v) is 7.01. The highest BCUT2D eigenvalue weighted by Crippen LogP contribution is 2.17. The van der Waals surface area contributed by atoms with Crippen molar-refractivity contribution in [2.24, 2.45) is 0 Å². The Kier molecular flexibility index (Phi) is 36.0. The van der Waals surface area contributed by atoms with Gasteiger partial charge < -0.3 is 4.48 Å². The maximum absolute atomic E-state index is 4.53. The topological polar surface area (TPSA) is 0 Å². The van der Waals surface area contributed by atoms with E-state index in [0.29, 0.717) is 0 Å². The highest BCUT2D eigenvalue weighted by atomic mass is 32.1. The molecule has 0 spiro atoms. The van der Waals surface area contributed by atoms with Crippen LogP contribution in [-0.4, -0.2) is 36.9 Å². The van der Waals surface area contributed by atoms with E-state index < -0.39 is 0 Å². The third-order valence-electron chi connectivity index (χ3n) is 9.96. The molecule has 0 aliphatic rings. The molecule has 1 nitrogen and oxygen atoms in total. The average molecular weight is 611 g/mol. The Bertz CT molecular complexity index is 442. The van der Waals surface area contributed by atoms with Crippen molar-refractivity contribution in [3.63, 3.8) is 0 Å². The summed E-state index contributed by atoms with van der Waals surface area (Å²) < 4.78 is 1.30. The van der Waals surface area contributed by atoms with Gasteiger partial charge in [0, 0.05) is 6.42 Å². The standard InChI is InChI=1S/C40H83NS/c1-4-6-8-10-12-14-16-18-20-22-24-26-28-30-32-34-37-41(3,39-36-40-42)38-35-33-31-29-27-25-23-21-19-17-15-13-11-9-7-5-2/h4-40H2,1-3H3/p+1. The van der Waals surface area contributed by atoms with Crippen LogP contribution in [0.2, 0.25) is 0 Å². The molecule has 0 aromatic carbocycles. The summed E-state index contributed by atoms with van der Waals surface area (Å²) in [5, 5.41) is 0. The van der Waals surface area contributed by atoms with Crippen molar-refractivity contribution < 1.29 is 4.48 Å². The van der Waals surface area contributed by atoms with Crippen LogP contribution in [-0.2, 0) is 0 Å². The first-order valence-corrected chi connectivity index (χ1v) is 20.8. The van der Waals surface area contributed by atoms with E-state index in [2.05, 4.69) is 33.5 Å². The van der Waals surface area contributed by atoms with E-state index in [0.717, 1.165) is 5.75 Å². The van der Waals surface area contributed by atoms with Gasteiger partial charge in [-0.3, -0.25) is 0 Å². The molecule has 2 heteroatoms. The van der Waals surface area contributed by atoms with E-state index in [-0.39, 0.29) is 0 Å². The second-order valence-electron chi connectivity index (χ2n) is 14.5. The van der Waals surface area contributed by atoms with Crippen LogP contribution in [0, 0.1) is 0 Å². The van der Waals surface area contributed by atoms with E-state index in [1.54, 1.807) is 0 Å². The Morgan fingerprint density at radius 1 is 0.286 bits per heavy atom. The zero-order valence-corrected chi connectivity index (χ0v) is 31.0. The van der Waals surface area contributed by atoms with Gasteiger partial charge >= 0.3 is 0 Å². The van der Waals surface area contributed by atoms with Crippen LogP contribution in [0.15, 0.2) is 0 Å². The largest absolute Gasteiger partial charge is 0.326 e. The first-order chi connectivity index (χ1) is 20.7. The fraction of sp³-hybridized carbons (Fsp3) is 1.00. The lowest BCUT2D eigenvalue weighted by molar-refractivity contribution is -0.910. The van der Waals surface area contributed by atoms with Gasteiger partial charge in [-0.15, -0.1) is 0 Å². The van der Waals surface area contributed by atoms with Crippen LogP contribution in [0.5, 0.6) is 0 Å². The number of hydrogen-bond acceptors (Lipinski definition) is 1. The SMILES string of the molecule is CCCCCCCCCCCCCCCCCC[N+](C)(CCCS)CCCCCCCCCCCCCCCCCC. The van der Waals surface area contributed by atoms with Gasteiger partial charge in [0.25, 0.3) is 0 Å². The first-order valence-electron chi connectivity index (χ1n) is 20.1. The lowest BCUT2D eigenvalue weighted by Gasteiger charge is -2.35. The lowest BCUT2D eigenvalue weighted by Crippen LogP contribution is -2.46. The molecule has 0 atom stereocenters. The van der Waals surface area contributed by atoms with Gasteiger partial charge in [-0.1, -0.05) is 194 Å². The van der Waals surface area contributed by atoms with Gasteiger partial charge in [0.05, 0.1) is 26.7 Å². The van der Waals surface area contributed by atoms with Crippen molar-refractivity contribution >= 4 is 12.6 Å². The van der Waals surface area contributed by atoms with E-state index in [4.69, 9.17) is 0 Å². The summed E-state index contributed by atoms with van der Waals surface area (Å²) in [6.45, 7) is 8.74. The van der Waals surface area contributed by atoms with Crippen LogP contribution < -0.4 is 0 Å². The predicted octanol–water partition coefficient (Wildman–Crippen LogP) is 14.3. The van der Waals surface area contributed by atoms with Crippen molar-refractivity contribution in [1.29, 1.82) is 0 Å². The summed E-state index contributed by atoms with van der Waals surface area (Å²) in [5.74, 6) is 1.05. The maximum Gasteiger partial charge on any atom is 0.0792 e. The smallest absolute Gasteiger partial charge is 0.0792 e. The monoisotopic (exact) mass is 611 g/mol. The van der Waals surface area contributed by atoms with E-state index in [1.165, 1.54) is 236 Å². The van der Waals surface area contributed by atoms with E-state index in [1.807, 2.05) is 0 Å². The number of quaternary nitrogens is 1. The number of hydrogen-bond donors (Lipinski definition) is 1. The summed E-state index contributed by atoms with van der Waals surface area (Å²) >= 11 is 4.53. The Balaban J connectivity index is 3.58. The number of rotatable bonds is 37. The Hall–Kier alpha value is 0.310. The van der Waals surface area contributed by atoms with Gasteiger partial charge in [-0.2, -0.15) is 12.6 Å². The molecular weight excluding hydrogens is 527 g/mol. The number of thiol groups is 1. The number of unbranched alkanes of at least 4 members (excludes halogenated alkanes) is 30. The van der Waals surface area contributed by atoms with Gasteiger partial charge in [0.15, 0.2) is 0 Å².